The largest absolute Gasteiger partial charge is 0.493 e. The topological polar surface area (TPSA) is 55.8 Å². The number of aliphatic carboxylic acids is 1. The average molecular weight is 269 g/mol. The molecule has 18 heavy (non-hydrogen) atoms. The molecule has 1 aromatic rings. The quantitative estimate of drug-likeness (QED) is 0.659. The van der Waals surface area contributed by atoms with Crippen LogP contribution in [-0.2, 0) is 4.79 Å². The van der Waals surface area contributed by atoms with Crippen molar-refractivity contribution in [1.82, 2.24) is 0 Å². The van der Waals surface area contributed by atoms with E-state index in [0.29, 0.717) is 16.5 Å². The van der Waals surface area contributed by atoms with Crippen LogP contribution in [0, 0.1) is 0 Å². The van der Waals surface area contributed by atoms with E-state index in [-0.39, 0.29) is 0 Å². The molecule has 0 aromatic heterocycles. The van der Waals surface area contributed by atoms with Gasteiger partial charge in [0, 0.05) is 6.08 Å². The first-order valence-electron chi connectivity index (χ1n) is 5.07. The molecule has 4 nitrogen and oxygen atoms in total. The van der Waals surface area contributed by atoms with Crippen LogP contribution in [0.5, 0.6) is 11.5 Å². The zero-order valence-corrected chi connectivity index (χ0v) is 10.8. The van der Waals surface area contributed by atoms with Crippen LogP contribution >= 0.6 is 11.6 Å². The van der Waals surface area contributed by atoms with Crippen LogP contribution in [-0.4, -0.2) is 25.3 Å². The third-order valence-electron chi connectivity index (χ3n) is 2.09. The maximum Gasteiger partial charge on any atom is 0.328 e. The molecule has 0 heterocycles. The minimum Gasteiger partial charge on any atom is -0.493 e. The van der Waals surface area contributed by atoms with Gasteiger partial charge in [0.05, 0.1) is 19.2 Å². The molecule has 0 fully saturated rings. The van der Waals surface area contributed by atoms with Gasteiger partial charge in [0.25, 0.3) is 0 Å². The van der Waals surface area contributed by atoms with Gasteiger partial charge in [-0.05, 0) is 17.7 Å². The Bertz CT molecular complexity index is 492. The number of rotatable bonds is 5. The molecule has 0 spiro atoms. The average Bonchev–Trinajstić information content (AvgIpc) is 2.33. The Hall–Kier alpha value is -1.94. The van der Waals surface area contributed by atoms with Gasteiger partial charge in [-0.15, -0.1) is 0 Å². The Labute approximate surface area is 110 Å². The normalized spacial score (nSPS) is 11.1. The molecule has 0 aliphatic heterocycles. The molecule has 0 radical (unpaired) electrons. The molecule has 0 amide bonds. The van der Waals surface area contributed by atoms with Gasteiger partial charge in [-0.25, -0.2) is 4.79 Å². The first kappa shape index (κ1) is 14.1. The molecule has 0 aliphatic rings. The second-order valence-electron chi connectivity index (χ2n) is 3.29. The lowest BCUT2D eigenvalue weighted by Gasteiger charge is -2.09. The maximum atomic E-state index is 10.3. The third kappa shape index (κ3) is 3.82. The van der Waals surface area contributed by atoms with E-state index in [1.54, 1.807) is 24.3 Å². The predicted octanol–water partition coefficient (Wildman–Crippen LogP) is 3.01. The van der Waals surface area contributed by atoms with E-state index in [9.17, 15) is 4.79 Å². The summed E-state index contributed by atoms with van der Waals surface area (Å²) in [5.41, 5.74) is 0.785. The highest BCUT2D eigenvalue weighted by Gasteiger charge is 2.09. The van der Waals surface area contributed by atoms with Crippen molar-refractivity contribution in [3.63, 3.8) is 0 Å². The second kappa shape index (κ2) is 6.71. The Morgan fingerprint density at radius 3 is 2.56 bits per heavy atom. The number of halogens is 1. The molecular formula is C13H13ClO4. The van der Waals surface area contributed by atoms with Crippen LogP contribution in [0.1, 0.15) is 5.56 Å². The van der Waals surface area contributed by atoms with Crippen molar-refractivity contribution < 1.29 is 19.4 Å². The van der Waals surface area contributed by atoms with Crippen molar-refractivity contribution in [2.24, 2.45) is 0 Å². The maximum absolute atomic E-state index is 10.3. The molecule has 0 bridgehead atoms. The van der Waals surface area contributed by atoms with Crippen LogP contribution in [0.25, 0.3) is 6.08 Å². The Morgan fingerprint density at radius 1 is 1.28 bits per heavy atom. The summed E-state index contributed by atoms with van der Waals surface area (Å²) in [5, 5.41) is 8.86. The standard InChI is InChI=1S/C13H13ClO4/c1-17-11-8-9(5-3-4-6-12(15)16)7-10(14)13(11)18-2/h3-8H,1-2H3,(H,15,16). The molecule has 1 rings (SSSR count). The van der Waals surface area contributed by atoms with Crippen LogP contribution in [0.4, 0.5) is 0 Å². The van der Waals surface area contributed by atoms with E-state index >= 15 is 0 Å². The van der Waals surface area contributed by atoms with Gasteiger partial charge >= 0.3 is 5.97 Å². The minimum atomic E-state index is -0.995. The van der Waals surface area contributed by atoms with Crippen LogP contribution in [0.15, 0.2) is 30.4 Å². The van der Waals surface area contributed by atoms with Gasteiger partial charge in [0.1, 0.15) is 0 Å². The summed E-state index contributed by atoms with van der Waals surface area (Å²) in [4.78, 5) is 10.3. The lowest BCUT2D eigenvalue weighted by atomic mass is 10.2. The summed E-state index contributed by atoms with van der Waals surface area (Å²) >= 11 is 6.03. The number of ether oxygens (including phenoxy) is 2. The molecule has 0 saturated heterocycles. The Balaban J connectivity index is 2.98. The second-order valence-corrected chi connectivity index (χ2v) is 3.70. The lowest BCUT2D eigenvalue weighted by Crippen LogP contribution is -1.92. The van der Waals surface area contributed by atoms with Gasteiger partial charge in [0.2, 0.25) is 0 Å². The molecular weight excluding hydrogens is 256 g/mol. The highest BCUT2D eigenvalue weighted by Crippen LogP contribution is 2.36. The van der Waals surface area contributed by atoms with E-state index < -0.39 is 5.97 Å². The van der Waals surface area contributed by atoms with E-state index in [0.717, 1.165) is 11.6 Å². The van der Waals surface area contributed by atoms with Crippen LogP contribution < -0.4 is 9.47 Å². The molecule has 1 aromatic carbocycles. The number of hydrogen-bond acceptors (Lipinski definition) is 3. The van der Waals surface area contributed by atoms with E-state index in [4.69, 9.17) is 26.2 Å². The molecule has 1 N–H and O–H groups in total. The van der Waals surface area contributed by atoms with Gasteiger partial charge < -0.3 is 14.6 Å². The molecule has 0 unspecified atom stereocenters. The summed E-state index contributed by atoms with van der Waals surface area (Å²) < 4.78 is 10.3. The van der Waals surface area contributed by atoms with Gasteiger partial charge in [-0.3, -0.25) is 0 Å². The minimum absolute atomic E-state index is 0.429. The zero-order chi connectivity index (χ0) is 13.5. The number of hydrogen-bond donors (Lipinski definition) is 1. The highest BCUT2D eigenvalue weighted by atomic mass is 35.5. The van der Waals surface area contributed by atoms with Gasteiger partial charge in [-0.2, -0.15) is 0 Å². The Morgan fingerprint density at radius 2 is 2.00 bits per heavy atom. The fraction of sp³-hybridized carbons (Fsp3) is 0.154. The van der Waals surface area contributed by atoms with Crippen molar-refractivity contribution in [2.45, 2.75) is 0 Å². The lowest BCUT2D eigenvalue weighted by molar-refractivity contribution is -0.131. The third-order valence-corrected chi connectivity index (χ3v) is 2.38. The number of allylic oxidation sites excluding steroid dienone is 2. The summed E-state index contributed by atoms with van der Waals surface area (Å²) in [6.45, 7) is 0. The highest BCUT2D eigenvalue weighted by molar-refractivity contribution is 6.32. The summed E-state index contributed by atoms with van der Waals surface area (Å²) in [5.74, 6) is -0.00532. The van der Waals surface area contributed by atoms with Crippen molar-refractivity contribution in [1.29, 1.82) is 0 Å². The fourth-order valence-corrected chi connectivity index (χ4v) is 1.63. The van der Waals surface area contributed by atoms with Crippen molar-refractivity contribution in [3.8, 4) is 11.5 Å². The first-order chi connectivity index (χ1) is 8.58. The molecule has 0 atom stereocenters. The first-order valence-corrected chi connectivity index (χ1v) is 5.45. The van der Waals surface area contributed by atoms with Gasteiger partial charge in [-0.1, -0.05) is 29.8 Å². The number of benzene rings is 1. The molecule has 96 valence electrons. The predicted molar refractivity (Wildman–Crippen MR) is 70.4 cm³/mol. The number of carbonyl (C=O) groups is 1. The fourth-order valence-electron chi connectivity index (χ4n) is 1.34. The van der Waals surface area contributed by atoms with E-state index in [1.165, 1.54) is 20.3 Å². The van der Waals surface area contributed by atoms with E-state index in [2.05, 4.69) is 0 Å². The number of carboxylic acid groups (broad SMARTS) is 1. The van der Waals surface area contributed by atoms with Crippen molar-refractivity contribution >= 4 is 23.6 Å². The number of carboxylic acids is 1. The molecule has 5 heteroatoms. The van der Waals surface area contributed by atoms with Gasteiger partial charge in [0.15, 0.2) is 11.5 Å². The zero-order valence-electron chi connectivity index (χ0n) is 10.0. The summed E-state index contributed by atoms with van der Waals surface area (Å²) in [6.07, 6.45) is 5.78. The monoisotopic (exact) mass is 268 g/mol. The van der Waals surface area contributed by atoms with Crippen molar-refractivity contribution in [3.05, 3.63) is 40.9 Å². The SMILES string of the molecule is COc1cc(C=CC=CC(=O)O)cc(Cl)c1OC. The summed E-state index contributed by atoms with van der Waals surface area (Å²) in [6, 6.07) is 3.45. The van der Waals surface area contributed by atoms with Crippen LogP contribution in [0.3, 0.4) is 0 Å². The Kier molecular flexibility index (Phi) is 5.27. The molecule has 0 saturated carbocycles. The smallest absolute Gasteiger partial charge is 0.328 e. The summed E-state index contributed by atoms with van der Waals surface area (Å²) in [7, 11) is 3.03. The molecule has 0 aliphatic carbocycles. The number of methoxy groups -OCH3 is 2. The van der Waals surface area contributed by atoms with Crippen molar-refractivity contribution in [2.75, 3.05) is 14.2 Å². The van der Waals surface area contributed by atoms with Crippen LogP contribution in [0.2, 0.25) is 5.02 Å². The van der Waals surface area contributed by atoms with E-state index in [1.807, 2.05) is 0 Å².